The summed E-state index contributed by atoms with van der Waals surface area (Å²) < 4.78 is 6.51. The van der Waals surface area contributed by atoms with Gasteiger partial charge >= 0.3 is 11.8 Å². The van der Waals surface area contributed by atoms with Gasteiger partial charge in [-0.25, -0.2) is 5.43 Å². The topological polar surface area (TPSA) is 109 Å². The lowest BCUT2D eigenvalue weighted by Crippen LogP contribution is -2.38. The molecule has 0 radical (unpaired) electrons. The second kappa shape index (κ2) is 11.8. The minimum absolute atomic E-state index is 0.163. The molecule has 0 bridgehead atoms. The molecule has 2 aromatic carbocycles. The van der Waals surface area contributed by atoms with Gasteiger partial charge in [0.25, 0.3) is 5.91 Å². The first-order chi connectivity index (χ1) is 14.8. The van der Waals surface area contributed by atoms with Crippen LogP contribution in [0.15, 0.2) is 46.0 Å². The third kappa shape index (κ3) is 7.86. The van der Waals surface area contributed by atoms with Crippen molar-refractivity contribution in [3.63, 3.8) is 0 Å². The Hall–Kier alpha value is -3.20. The summed E-state index contributed by atoms with van der Waals surface area (Å²) in [5.74, 6) is -1.39. The van der Waals surface area contributed by atoms with E-state index in [-0.39, 0.29) is 12.5 Å². The summed E-state index contributed by atoms with van der Waals surface area (Å²) in [6.07, 6.45) is 2.11. The van der Waals surface area contributed by atoms with Crippen LogP contribution in [-0.2, 0) is 14.4 Å². The molecule has 0 aliphatic carbocycles. The molecule has 8 nitrogen and oxygen atoms in total. The quantitative estimate of drug-likeness (QED) is 0.301. The maximum Gasteiger partial charge on any atom is 0.329 e. The first-order valence-corrected chi connectivity index (χ1v) is 10.5. The molecule has 2 rings (SSSR count). The molecule has 0 aliphatic heterocycles. The number of hydrogen-bond donors (Lipinski definition) is 3. The number of nitrogens with one attached hydrogen (secondary N) is 3. The number of carbonyl (C=O) groups excluding carboxylic acids is 3. The Balaban J connectivity index is 1.89. The van der Waals surface area contributed by atoms with E-state index in [0.29, 0.717) is 17.9 Å². The zero-order valence-corrected chi connectivity index (χ0v) is 19.2. The highest BCUT2D eigenvalue weighted by atomic mass is 79.9. The second-order valence-electron chi connectivity index (χ2n) is 6.78. The summed E-state index contributed by atoms with van der Waals surface area (Å²) in [5, 5.41) is 9.09. The molecular formula is C22H25BrN4O4. The van der Waals surface area contributed by atoms with E-state index in [0.717, 1.165) is 27.7 Å². The van der Waals surface area contributed by atoms with Crippen molar-refractivity contribution in [2.24, 2.45) is 5.10 Å². The largest absolute Gasteiger partial charge is 0.484 e. The lowest BCUT2D eigenvalue weighted by Gasteiger charge is -2.13. The van der Waals surface area contributed by atoms with Gasteiger partial charge in [0.15, 0.2) is 6.61 Å². The maximum absolute atomic E-state index is 12.3. The Bertz CT molecular complexity index is 968. The molecule has 2 aromatic rings. The fraction of sp³-hybridized carbons (Fsp3) is 0.273. The molecule has 0 saturated heterocycles. The predicted octanol–water partition coefficient (Wildman–Crippen LogP) is 3.06. The van der Waals surface area contributed by atoms with E-state index in [1.807, 2.05) is 32.9 Å². The van der Waals surface area contributed by atoms with Crippen LogP contribution < -0.4 is 20.8 Å². The van der Waals surface area contributed by atoms with Crippen molar-refractivity contribution < 1.29 is 19.1 Å². The number of anilines is 1. The molecule has 3 N–H and O–H groups in total. The Morgan fingerprint density at radius 2 is 1.81 bits per heavy atom. The normalized spacial score (nSPS) is 10.6. The summed E-state index contributed by atoms with van der Waals surface area (Å²) in [6.45, 7) is 5.98. The van der Waals surface area contributed by atoms with E-state index < -0.39 is 11.8 Å². The Kier molecular flexibility index (Phi) is 9.20. The van der Waals surface area contributed by atoms with Crippen LogP contribution in [0.5, 0.6) is 5.75 Å². The molecular weight excluding hydrogens is 464 g/mol. The number of benzene rings is 2. The predicted molar refractivity (Wildman–Crippen MR) is 123 cm³/mol. The van der Waals surface area contributed by atoms with Gasteiger partial charge in [0.1, 0.15) is 5.75 Å². The molecule has 0 aliphatic rings. The molecule has 0 saturated carbocycles. The van der Waals surface area contributed by atoms with Crippen LogP contribution in [-0.4, -0.2) is 37.1 Å². The zero-order chi connectivity index (χ0) is 22.8. The van der Waals surface area contributed by atoms with Crippen molar-refractivity contribution in [2.75, 3.05) is 18.5 Å². The van der Waals surface area contributed by atoms with Gasteiger partial charge in [0.2, 0.25) is 0 Å². The number of hydrogen-bond acceptors (Lipinski definition) is 5. The first kappa shape index (κ1) is 24.1. The van der Waals surface area contributed by atoms with Crippen LogP contribution in [0.4, 0.5) is 5.69 Å². The highest BCUT2D eigenvalue weighted by Gasteiger charge is 2.11. The summed E-state index contributed by atoms with van der Waals surface area (Å²) in [4.78, 5) is 35.4. The molecule has 0 unspecified atom stereocenters. The van der Waals surface area contributed by atoms with E-state index in [1.54, 1.807) is 24.3 Å². The van der Waals surface area contributed by atoms with Gasteiger partial charge in [-0.2, -0.15) is 5.10 Å². The molecule has 164 valence electrons. The third-order valence-electron chi connectivity index (χ3n) is 4.11. The molecule has 0 spiro atoms. The number of carbonyl (C=O) groups is 3. The fourth-order valence-corrected chi connectivity index (χ4v) is 3.34. The van der Waals surface area contributed by atoms with Crippen molar-refractivity contribution >= 4 is 45.6 Å². The Morgan fingerprint density at radius 3 is 2.48 bits per heavy atom. The number of aryl methyl sites for hydroxylation is 2. The summed E-state index contributed by atoms with van der Waals surface area (Å²) >= 11 is 3.43. The van der Waals surface area contributed by atoms with E-state index >= 15 is 0 Å². The zero-order valence-electron chi connectivity index (χ0n) is 17.6. The molecule has 3 amide bonds. The van der Waals surface area contributed by atoms with Crippen LogP contribution in [0.25, 0.3) is 0 Å². The van der Waals surface area contributed by atoms with Crippen LogP contribution in [0, 0.1) is 13.8 Å². The maximum atomic E-state index is 12.3. The summed E-state index contributed by atoms with van der Waals surface area (Å²) in [7, 11) is 0. The van der Waals surface area contributed by atoms with Crippen molar-refractivity contribution in [1.82, 2.24) is 10.7 Å². The van der Waals surface area contributed by atoms with Gasteiger partial charge in [-0.05, 0) is 61.2 Å². The SMILES string of the molecule is CCCNC(=O)C(=O)N/N=C\c1cccc(OCC(=O)Nc2c(C)cc(Br)cc2C)c1. The van der Waals surface area contributed by atoms with Gasteiger partial charge < -0.3 is 15.4 Å². The average Bonchev–Trinajstić information content (AvgIpc) is 2.73. The van der Waals surface area contributed by atoms with Crippen molar-refractivity contribution in [1.29, 1.82) is 0 Å². The third-order valence-corrected chi connectivity index (χ3v) is 4.57. The van der Waals surface area contributed by atoms with Gasteiger partial charge in [-0.15, -0.1) is 0 Å². The van der Waals surface area contributed by atoms with Crippen molar-refractivity contribution in [3.05, 3.63) is 57.6 Å². The lowest BCUT2D eigenvalue weighted by molar-refractivity contribution is -0.139. The lowest BCUT2D eigenvalue weighted by atomic mass is 10.1. The standard InChI is InChI=1S/C22H25BrN4O4/c1-4-8-24-21(29)22(30)27-25-12-16-6-5-7-18(11-16)31-13-19(28)26-20-14(2)9-17(23)10-15(20)3/h5-7,9-12H,4,8,13H2,1-3H3,(H,24,29)(H,26,28)(H,27,30)/b25-12-. The fourth-order valence-electron chi connectivity index (χ4n) is 2.65. The summed E-state index contributed by atoms with van der Waals surface area (Å²) in [6, 6.07) is 10.7. The first-order valence-electron chi connectivity index (χ1n) is 9.70. The van der Waals surface area contributed by atoms with E-state index in [4.69, 9.17) is 4.74 Å². The highest BCUT2D eigenvalue weighted by Crippen LogP contribution is 2.25. The van der Waals surface area contributed by atoms with Gasteiger partial charge in [-0.3, -0.25) is 14.4 Å². The molecule has 0 fully saturated rings. The molecule has 0 aromatic heterocycles. The van der Waals surface area contributed by atoms with Crippen molar-refractivity contribution in [3.8, 4) is 5.75 Å². The smallest absolute Gasteiger partial charge is 0.329 e. The number of rotatable bonds is 8. The number of nitrogens with zero attached hydrogens (tertiary/aromatic N) is 1. The number of halogens is 1. The van der Waals surface area contributed by atoms with Gasteiger partial charge in [0, 0.05) is 16.7 Å². The van der Waals surface area contributed by atoms with Crippen LogP contribution in [0.3, 0.4) is 0 Å². The number of amides is 3. The van der Waals surface area contributed by atoms with Crippen molar-refractivity contribution in [2.45, 2.75) is 27.2 Å². The molecule has 0 heterocycles. The van der Waals surface area contributed by atoms with E-state index in [9.17, 15) is 14.4 Å². The number of ether oxygens (including phenoxy) is 1. The molecule has 9 heteroatoms. The number of hydrazone groups is 1. The van der Waals surface area contributed by atoms with Crippen LogP contribution in [0.1, 0.15) is 30.0 Å². The van der Waals surface area contributed by atoms with Gasteiger partial charge in [0.05, 0.1) is 6.21 Å². The highest BCUT2D eigenvalue weighted by molar-refractivity contribution is 9.10. The minimum atomic E-state index is -0.840. The van der Waals surface area contributed by atoms with Crippen LogP contribution >= 0.6 is 15.9 Å². The summed E-state index contributed by atoms with van der Waals surface area (Å²) in [5.41, 5.74) is 5.45. The van der Waals surface area contributed by atoms with Gasteiger partial charge in [-0.1, -0.05) is 35.0 Å². The minimum Gasteiger partial charge on any atom is -0.484 e. The average molecular weight is 489 g/mol. The monoisotopic (exact) mass is 488 g/mol. The molecule has 0 atom stereocenters. The Morgan fingerprint density at radius 1 is 1.10 bits per heavy atom. The van der Waals surface area contributed by atoms with Crippen LogP contribution in [0.2, 0.25) is 0 Å². The Labute approximate surface area is 189 Å². The molecule has 31 heavy (non-hydrogen) atoms. The second-order valence-corrected chi connectivity index (χ2v) is 7.69. The van der Waals surface area contributed by atoms with E-state index in [2.05, 4.69) is 37.1 Å². The van der Waals surface area contributed by atoms with E-state index in [1.165, 1.54) is 6.21 Å².